The highest BCUT2D eigenvalue weighted by atomic mass is 19.1. The van der Waals surface area contributed by atoms with Gasteiger partial charge in [0.2, 0.25) is 5.91 Å². The average Bonchev–Trinajstić information content (AvgIpc) is 2.45. The van der Waals surface area contributed by atoms with Crippen molar-refractivity contribution in [2.75, 3.05) is 13.1 Å². The lowest BCUT2D eigenvalue weighted by atomic mass is 9.74. The Morgan fingerprint density at radius 1 is 1.50 bits per heavy atom. The number of hydrogen-bond donors (Lipinski definition) is 2. The molecule has 0 saturated carbocycles. The van der Waals surface area contributed by atoms with Gasteiger partial charge in [-0.25, -0.2) is 4.39 Å². The molecular weight excluding hydrogens is 255 g/mol. The maximum absolute atomic E-state index is 13.1. The molecule has 0 aromatic heterocycles. The van der Waals surface area contributed by atoms with Crippen molar-refractivity contribution < 1.29 is 9.18 Å². The minimum Gasteiger partial charge on any atom is -0.352 e. The molecule has 110 valence electrons. The third kappa shape index (κ3) is 3.57. The van der Waals surface area contributed by atoms with Crippen LogP contribution in [0.3, 0.4) is 0 Å². The summed E-state index contributed by atoms with van der Waals surface area (Å²) in [5.74, 6) is 0.117. The highest BCUT2D eigenvalue weighted by Crippen LogP contribution is 2.31. The lowest BCUT2D eigenvalue weighted by Crippen LogP contribution is -2.47. The Hall–Kier alpha value is -1.42. The smallest absolute Gasteiger partial charge is 0.226 e. The summed E-state index contributed by atoms with van der Waals surface area (Å²) in [6.45, 7) is 6.29. The van der Waals surface area contributed by atoms with Crippen LogP contribution in [0.5, 0.6) is 0 Å². The second kappa shape index (κ2) is 6.35. The molecule has 2 N–H and O–H groups in total. The zero-order valence-electron chi connectivity index (χ0n) is 12.2. The van der Waals surface area contributed by atoms with Crippen LogP contribution in [0.2, 0.25) is 0 Å². The lowest BCUT2D eigenvalue weighted by Gasteiger charge is -2.36. The van der Waals surface area contributed by atoms with Gasteiger partial charge in [-0.3, -0.25) is 4.79 Å². The first-order chi connectivity index (χ1) is 9.50. The van der Waals surface area contributed by atoms with E-state index >= 15 is 0 Å². The third-order valence-corrected chi connectivity index (χ3v) is 4.24. The topological polar surface area (TPSA) is 41.1 Å². The van der Waals surface area contributed by atoms with E-state index < -0.39 is 5.41 Å². The van der Waals surface area contributed by atoms with Crippen molar-refractivity contribution in [3.05, 3.63) is 35.6 Å². The fraction of sp³-hybridized carbons (Fsp3) is 0.562. The Labute approximate surface area is 120 Å². The number of piperidine rings is 1. The second-order valence-electron chi connectivity index (χ2n) is 6.08. The summed E-state index contributed by atoms with van der Waals surface area (Å²) < 4.78 is 13.1. The maximum atomic E-state index is 13.1. The van der Waals surface area contributed by atoms with E-state index in [1.165, 1.54) is 12.1 Å². The quantitative estimate of drug-likeness (QED) is 0.888. The van der Waals surface area contributed by atoms with E-state index in [9.17, 15) is 9.18 Å². The average molecular weight is 278 g/mol. The molecule has 4 heteroatoms. The third-order valence-electron chi connectivity index (χ3n) is 4.24. The van der Waals surface area contributed by atoms with Gasteiger partial charge in [-0.05, 0) is 49.5 Å². The van der Waals surface area contributed by atoms with E-state index in [4.69, 9.17) is 0 Å². The fourth-order valence-corrected chi connectivity index (χ4v) is 2.71. The van der Waals surface area contributed by atoms with Crippen LogP contribution in [0.25, 0.3) is 0 Å². The normalized spacial score (nSPS) is 19.6. The number of hydrogen-bond acceptors (Lipinski definition) is 2. The minimum absolute atomic E-state index is 0.0375. The van der Waals surface area contributed by atoms with Crippen LogP contribution >= 0.6 is 0 Å². The van der Waals surface area contributed by atoms with Crippen molar-refractivity contribution in [2.24, 2.45) is 11.3 Å². The molecule has 1 aromatic rings. The number of benzene rings is 1. The number of nitrogens with one attached hydrogen (secondary N) is 2. The Bertz CT molecular complexity index is 467. The molecule has 0 spiro atoms. The van der Waals surface area contributed by atoms with Crippen molar-refractivity contribution in [3.63, 3.8) is 0 Å². The van der Waals surface area contributed by atoms with E-state index in [1.54, 1.807) is 6.07 Å². The first kappa shape index (κ1) is 15.0. The van der Waals surface area contributed by atoms with Gasteiger partial charge in [-0.15, -0.1) is 0 Å². The van der Waals surface area contributed by atoms with Crippen molar-refractivity contribution in [2.45, 2.75) is 33.2 Å². The molecule has 0 radical (unpaired) electrons. The van der Waals surface area contributed by atoms with Gasteiger partial charge in [-0.2, -0.15) is 0 Å². The number of halogens is 1. The Morgan fingerprint density at radius 3 is 2.95 bits per heavy atom. The second-order valence-corrected chi connectivity index (χ2v) is 6.08. The van der Waals surface area contributed by atoms with Crippen molar-refractivity contribution in [3.8, 4) is 0 Å². The highest BCUT2D eigenvalue weighted by Gasteiger charge is 2.36. The van der Waals surface area contributed by atoms with Crippen LogP contribution in [0.4, 0.5) is 4.39 Å². The summed E-state index contributed by atoms with van der Waals surface area (Å²) in [6, 6.07) is 6.34. The molecule has 1 saturated heterocycles. The van der Waals surface area contributed by atoms with E-state index in [0.29, 0.717) is 12.5 Å². The molecule has 1 heterocycles. The standard InChI is InChI=1S/C16H23FN2O/c1-16(2,13-6-4-8-18-11-13)15(20)19-10-12-5-3-7-14(17)9-12/h3,5,7,9,13,18H,4,6,8,10-11H2,1-2H3,(H,19,20). The minimum atomic E-state index is -0.402. The van der Waals surface area contributed by atoms with Crippen LogP contribution in [0.1, 0.15) is 32.3 Å². The van der Waals surface area contributed by atoms with Gasteiger partial charge >= 0.3 is 0 Å². The first-order valence-corrected chi connectivity index (χ1v) is 7.23. The van der Waals surface area contributed by atoms with Crippen molar-refractivity contribution >= 4 is 5.91 Å². The Balaban J connectivity index is 1.93. The molecule has 1 atom stereocenters. The number of carbonyl (C=O) groups excluding carboxylic acids is 1. The molecule has 1 amide bonds. The van der Waals surface area contributed by atoms with E-state index in [0.717, 1.165) is 31.5 Å². The van der Waals surface area contributed by atoms with Crippen molar-refractivity contribution in [1.29, 1.82) is 0 Å². The van der Waals surface area contributed by atoms with Crippen LogP contribution < -0.4 is 10.6 Å². The molecule has 20 heavy (non-hydrogen) atoms. The molecule has 1 aliphatic heterocycles. The number of rotatable bonds is 4. The Morgan fingerprint density at radius 2 is 2.30 bits per heavy atom. The summed E-state index contributed by atoms with van der Waals surface area (Å²) in [5, 5.41) is 6.28. The molecule has 1 fully saturated rings. The van der Waals surface area contributed by atoms with Crippen LogP contribution in [0.15, 0.2) is 24.3 Å². The Kier molecular flexibility index (Phi) is 4.76. The number of amides is 1. The predicted molar refractivity (Wildman–Crippen MR) is 77.6 cm³/mol. The van der Waals surface area contributed by atoms with Gasteiger partial charge in [0.1, 0.15) is 5.82 Å². The highest BCUT2D eigenvalue weighted by molar-refractivity contribution is 5.82. The zero-order chi connectivity index (χ0) is 14.6. The largest absolute Gasteiger partial charge is 0.352 e. The van der Waals surface area contributed by atoms with Crippen LogP contribution in [-0.4, -0.2) is 19.0 Å². The molecule has 3 nitrogen and oxygen atoms in total. The molecule has 1 aromatic carbocycles. The van der Waals surface area contributed by atoms with Crippen LogP contribution in [0, 0.1) is 17.2 Å². The maximum Gasteiger partial charge on any atom is 0.226 e. The van der Waals surface area contributed by atoms with E-state index in [-0.39, 0.29) is 11.7 Å². The van der Waals surface area contributed by atoms with Crippen LogP contribution in [-0.2, 0) is 11.3 Å². The first-order valence-electron chi connectivity index (χ1n) is 7.23. The van der Waals surface area contributed by atoms with Gasteiger partial charge in [0.15, 0.2) is 0 Å². The predicted octanol–water partition coefficient (Wildman–Crippen LogP) is 2.47. The summed E-state index contributed by atoms with van der Waals surface area (Å²) >= 11 is 0. The summed E-state index contributed by atoms with van der Waals surface area (Å²) in [7, 11) is 0. The van der Waals surface area contributed by atoms with Gasteiger partial charge in [0, 0.05) is 12.0 Å². The van der Waals surface area contributed by atoms with E-state index in [2.05, 4.69) is 10.6 Å². The monoisotopic (exact) mass is 278 g/mol. The molecular formula is C16H23FN2O. The molecule has 1 unspecified atom stereocenters. The number of carbonyl (C=O) groups is 1. The lowest BCUT2D eigenvalue weighted by molar-refractivity contribution is -0.132. The fourth-order valence-electron chi connectivity index (χ4n) is 2.71. The molecule has 0 aliphatic carbocycles. The molecule has 2 rings (SSSR count). The summed E-state index contributed by atoms with van der Waals surface area (Å²) in [6.07, 6.45) is 2.19. The molecule has 1 aliphatic rings. The SMILES string of the molecule is CC(C)(C(=O)NCc1cccc(F)c1)C1CCCNC1. The summed E-state index contributed by atoms with van der Waals surface area (Å²) in [5.41, 5.74) is 0.386. The van der Waals surface area contributed by atoms with Gasteiger partial charge in [0.05, 0.1) is 0 Å². The van der Waals surface area contributed by atoms with E-state index in [1.807, 2.05) is 19.9 Å². The van der Waals surface area contributed by atoms with Gasteiger partial charge in [0.25, 0.3) is 0 Å². The zero-order valence-corrected chi connectivity index (χ0v) is 12.2. The van der Waals surface area contributed by atoms with Gasteiger partial charge < -0.3 is 10.6 Å². The van der Waals surface area contributed by atoms with Gasteiger partial charge in [-0.1, -0.05) is 26.0 Å². The summed E-state index contributed by atoms with van der Waals surface area (Å²) in [4.78, 5) is 12.4. The molecule has 0 bridgehead atoms. The van der Waals surface area contributed by atoms with Crippen molar-refractivity contribution in [1.82, 2.24) is 10.6 Å².